The first kappa shape index (κ1) is 15.0. The summed E-state index contributed by atoms with van der Waals surface area (Å²) in [5, 5.41) is 4.09. The van der Waals surface area contributed by atoms with Gasteiger partial charge in [-0.2, -0.15) is 5.10 Å². The summed E-state index contributed by atoms with van der Waals surface area (Å²) >= 11 is 0. The average Bonchev–Trinajstić information content (AvgIpc) is 2.85. The number of hydrogen-bond donors (Lipinski definition) is 0. The van der Waals surface area contributed by atoms with Gasteiger partial charge in [0.25, 0.3) is 0 Å². The van der Waals surface area contributed by atoms with E-state index < -0.39 is 5.60 Å². The van der Waals surface area contributed by atoms with Crippen LogP contribution in [-0.4, -0.2) is 27.6 Å². The number of nitrogens with zero attached hydrogens (tertiary/aromatic N) is 2. The first-order valence-corrected chi connectivity index (χ1v) is 6.68. The molecule has 0 atom stereocenters. The SMILES string of the molecule is CC(C)(C)OC(=O)c1ccc(Cn2ccc(C=O)n2)cc1. The molecule has 0 bridgehead atoms. The lowest BCUT2D eigenvalue weighted by Gasteiger charge is -2.19. The van der Waals surface area contributed by atoms with E-state index in [4.69, 9.17) is 4.74 Å². The molecule has 21 heavy (non-hydrogen) atoms. The molecule has 0 unspecified atom stereocenters. The summed E-state index contributed by atoms with van der Waals surface area (Å²) < 4.78 is 6.98. The lowest BCUT2D eigenvalue weighted by Crippen LogP contribution is -2.23. The summed E-state index contributed by atoms with van der Waals surface area (Å²) in [7, 11) is 0. The minimum absolute atomic E-state index is 0.337. The van der Waals surface area contributed by atoms with Crippen LogP contribution in [0.25, 0.3) is 0 Å². The molecule has 2 aromatic rings. The minimum atomic E-state index is -0.504. The lowest BCUT2D eigenvalue weighted by molar-refractivity contribution is 0.00694. The maximum atomic E-state index is 11.9. The fourth-order valence-electron chi connectivity index (χ4n) is 1.80. The number of hydrogen-bond acceptors (Lipinski definition) is 4. The zero-order chi connectivity index (χ0) is 15.5. The van der Waals surface area contributed by atoms with Crippen molar-refractivity contribution in [3.63, 3.8) is 0 Å². The summed E-state index contributed by atoms with van der Waals surface area (Å²) in [6.45, 7) is 6.05. The number of aromatic nitrogens is 2. The molecule has 110 valence electrons. The van der Waals surface area contributed by atoms with Crippen molar-refractivity contribution >= 4 is 12.3 Å². The number of carbonyl (C=O) groups is 2. The van der Waals surface area contributed by atoms with E-state index in [-0.39, 0.29) is 5.97 Å². The molecule has 0 saturated carbocycles. The van der Waals surface area contributed by atoms with Crippen LogP contribution >= 0.6 is 0 Å². The molecule has 0 aliphatic heterocycles. The number of benzene rings is 1. The summed E-state index contributed by atoms with van der Waals surface area (Å²) in [5.74, 6) is -0.337. The van der Waals surface area contributed by atoms with Crippen LogP contribution in [0.1, 0.15) is 47.2 Å². The van der Waals surface area contributed by atoms with Crippen LogP contribution in [0.15, 0.2) is 36.5 Å². The molecule has 0 aliphatic carbocycles. The van der Waals surface area contributed by atoms with Gasteiger partial charge in [-0.1, -0.05) is 12.1 Å². The van der Waals surface area contributed by atoms with E-state index in [1.807, 2.05) is 32.9 Å². The second-order valence-electron chi connectivity index (χ2n) is 5.75. The smallest absolute Gasteiger partial charge is 0.338 e. The highest BCUT2D eigenvalue weighted by molar-refractivity contribution is 5.89. The molecule has 0 aliphatic rings. The van der Waals surface area contributed by atoms with E-state index in [2.05, 4.69) is 5.10 Å². The van der Waals surface area contributed by atoms with E-state index in [0.717, 1.165) is 5.56 Å². The standard InChI is InChI=1S/C16H18N2O3/c1-16(2,3)21-15(20)13-6-4-12(5-7-13)10-18-9-8-14(11-19)17-18/h4-9,11H,10H2,1-3H3. The van der Waals surface area contributed by atoms with Gasteiger partial charge in [0.05, 0.1) is 12.1 Å². The van der Waals surface area contributed by atoms with Crippen molar-refractivity contribution in [1.82, 2.24) is 9.78 Å². The van der Waals surface area contributed by atoms with Gasteiger partial charge in [-0.3, -0.25) is 9.48 Å². The number of esters is 1. The van der Waals surface area contributed by atoms with Gasteiger partial charge in [0.2, 0.25) is 0 Å². The van der Waals surface area contributed by atoms with E-state index in [1.165, 1.54) is 0 Å². The number of rotatable bonds is 4. The Labute approximate surface area is 123 Å². The Kier molecular flexibility index (Phi) is 4.21. The first-order chi connectivity index (χ1) is 9.87. The second kappa shape index (κ2) is 5.91. The third-order valence-corrected chi connectivity index (χ3v) is 2.72. The van der Waals surface area contributed by atoms with Crippen molar-refractivity contribution in [2.45, 2.75) is 32.9 Å². The lowest BCUT2D eigenvalue weighted by atomic mass is 10.1. The highest BCUT2D eigenvalue weighted by Crippen LogP contribution is 2.13. The number of aldehydes is 1. The largest absolute Gasteiger partial charge is 0.456 e. The van der Waals surface area contributed by atoms with Crippen LogP contribution in [0.5, 0.6) is 0 Å². The van der Waals surface area contributed by atoms with E-state index in [1.54, 1.807) is 29.1 Å². The summed E-state index contributed by atoms with van der Waals surface area (Å²) in [4.78, 5) is 22.5. The van der Waals surface area contributed by atoms with E-state index in [0.29, 0.717) is 24.1 Å². The Morgan fingerprint density at radius 3 is 2.43 bits per heavy atom. The molecular weight excluding hydrogens is 268 g/mol. The Bertz CT molecular complexity index is 636. The molecule has 0 radical (unpaired) electrons. The van der Waals surface area contributed by atoms with E-state index >= 15 is 0 Å². The minimum Gasteiger partial charge on any atom is -0.456 e. The predicted molar refractivity (Wildman–Crippen MR) is 78.3 cm³/mol. The highest BCUT2D eigenvalue weighted by Gasteiger charge is 2.17. The Morgan fingerprint density at radius 2 is 1.90 bits per heavy atom. The van der Waals surface area contributed by atoms with Gasteiger partial charge in [0, 0.05) is 6.20 Å². The first-order valence-electron chi connectivity index (χ1n) is 6.68. The quantitative estimate of drug-likeness (QED) is 0.640. The van der Waals surface area contributed by atoms with Crippen molar-refractivity contribution in [3.05, 3.63) is 53.3 Å². The van der Waals surface area contributed by atoms with Crippen molar-refractivity contribution in [2.75, 3.05) is 0 Å². The summed E-state index contributed by atoms with van der Waals surface area (Å²) in [6, 6.07) is 8.81. The molecule has 0 amide bonds. The van der Waals surface area contributed by atoms with Crippen LogP contribution in [-0.2, 0) is 11.3 Å². The van der Waals surface area contributed by atoms with Crippen molar-refractivity contribution in [3.8, 4) is 0 Å². The maximum Gasteiger partial charge on any atom is 0.338 e. The van der Waals surface area contributed by atoms with Gasteiger partial charge in [-0.25, -0.2) is 4.79 Å². The van der Waals surface area contributed by atoms with Crippen LogP contribution in [0.2, 0.25) is 0 Å². The monoisotopic (exact) mass is 286 g/mol. The van der Waals surface area contributed by atoms with Crippen LogP contribution in [0, 0.1) is 0 Å². The molecule has 0 spiro atoms. The molecule has 0 fully saturated rings. The third-order valence-electron chi connectivity index (χ3n) is 2.72. The molecule has 5 heteroatoms. The zero-order valence-electron chi connectivity index (χ0n) is 12.4. The fraction of sp³-hybridized carbons (Fsp3) is 0.312. The Hall–Kier alpha value is -2.43. The number of ether oxygens (including phenoxy) is 1. The van der Waals surface area contributed by atoms with Gasteiger partial charge in [-0.15, -0.1) is 0 Å². The van der Waals surface area contributed by atoms with Crippen LogP contribution < -0.4 is 0 Å². The van der Waals surface area contributed by atoms with Gasteiger partial charge in [-0.05, 0) is 44.5 Å². The van der Waals surface area contributed by atoms with Crippen molar-refractivity contribution in [1.29, 1.82) is 0 Å². The Balaban J connectivity index is 2.05. The van der Waals surface area contributed by atoms with Gasteiger partial charge in [0.1, 0.15) is 11.3 Å². The molecule has 0 N–H and O–H groups in total. The molecule has 0 saturated heterocycles. The van der Waals surface area contributed by atoms with E-state index in [9.17, 15) is 9.59 Å². The van der Waals surface area contributed by atoms with Gasteiger partial charge < -0.3 is 4.74 Å². The van der Waals surface area contributed by atoms with Gasteiger partial charge in [0.15, 0.2) is 6.29 Å². The highest BCUT2D eigenvalue weighted by atomic mass is 16.6. The summed E-state index contributed by atoms with van der Waals surface area (Å²) in [5.41, 5.74) is 1.40. The van der Waals surface area contributed by atoms with Gasteiger partial charge >= 0.3 is 5.97 Å². The fourth-order valence-corrected chi connectivity index (χ4v) is 1.80. The second-order valence-corrected chi connectivity index (χ2v) is 5.75. The summed E-state index contributed by atoms with van der Waals surface area (Å²) in [6.07, 6.45) is 2.45. The molecule has 1 aromatic heterocycles. The number of carbonyl (C=O) groups excluding carboxylic acids is 2. The maximum absolute atomic E-state index is 11.9. The molecular formula is C16H18N2O3. The normalized spacial score (nSPS) is 11.2. The average molecular weight is 286 g/mol. The molecule has 1 aromatic carbocycles. The van der Waals surface area contributed by atoms with Crippen molar-refractivity contribution < 1.29 is 14.3 Å². The topological polar surface area (TPSA) is 61.2 Å². The van der Waals surface area contributed by atoms with Crippen LogP contribution in [0.4, 0.5) is 0 Å². The predicted octanol–water partition coefficient (Wildman–Crippen LogP) is 2.70. The molecule has 5 nitrogen and oxygen atoms in total. The zero-order valence-corrected chi connectivity index (χ0v) is 12.4. The van der Waals surface area contributed by atoms with Crippen LogP contribution in [0.3, 0.4) is 0 Å². The molecule has 1 heterocycles. The molecule has 2 rings (SSSR count). The third kappa shape index (κ3) is 4.27. The Morgan fingerprint density at radius 1 is 1.24 bits per heavy atom. The van der Waals surface area contributed by atoms with Crippen molar-refractivity contribution in [2.24, 2.45) is 0 Å².